The number of amides is 2. The Morgan fingerprint density at radius 2 is 0.699 bits per heavy atom. The van der Waals surface area contributed by atoms with E-state index >= 15 is 0 Å². The van der Waals surface area contributed by atoms with E-state index in [1.807, 2.05) is 0 Å². The van der Waals surface area contributed by atoms with E-state index in [0.29, 0.717) is 0 Å². The fourth-order valence-electron chi connectivity index (χ4n) is 9.11. The normalized spacial score (nSPS) is 49.8. The minimum atomic E-state index is -2.26. The molecule has 0 aromatic rings. The van der Waals surface area contributed by atoms with E-state index in [1.165, 1.54) is 0 Å². The van der Waals surface area contributed by atoms with Crippen LogP contribution in [0.3, 0.4) is 0 Å². The number of carbonyl (C=O) groups is 2. The molecule has 0 saturated carbocycles. The monoisotopic (exact) mass is 1070 g/mol. The lowest BCUT2D eigenvalue weighted by molar-refractivity contribution is -0.384. The van der Waals surface area contributed by atoms with Crippen LogP contribution in [0, 0.1) is 0 Å². The SMILES string of the molecule is CC(=O)N[C@@H]1[C@@H](O)[C@H](O[C@@H]2O[C@H](CO)[C@@H](O[C@@H]3O[C@H](CO[C@@H]4O[C@H](CO[C@@H]5O[C@H](CO)[C@@H](O)[C@H](O)[C@@H]5O)[C@@H](O)[C@H](O)[C@@H]4O)[C@@H](O)[C@H](O[C@@H]4O[C@H](CO)[C@@H](O)[C@H](O)[C@@H]4O)[C@@H]3O)[C@H](O)[C@H]2NC(C)=O)[C@@H](CO)O[C@H]1O. The van der Waals surface area contributed by atoms with Gasteiger partial charge in [-0.05, 0) is 0 Å². The van der Waals surface area contributed by atoms with Gasteiger partial charge >= 0.3 is 0 Å². The average Bonchev–Trinajstić information content (AvgIpc) is 3.35. The second-order valence-corrected chi connectivity index (χ2v) is 18.3. The van der Waals surface area contributed by atoms with Gasteiger partial charge in [0.2, 0.25) is 11.8 Å². The first-order valence-electron chi connectivity index (χ1n) is 23.1. The average molecular weight is 1070 g/mol. The molecular formula is C40H68N2O31. The molecule has 33 nitrogen and oxygen atoms in total. The number of ether oxygens (including phenoxy) is 11. The van der Waals surface area contributed by atoms with Crippen LogP contribution >= 0.6 is 0 Å². The minimum Gasteiger partial charge on any atom is -0.394 e. The molecule has 0 aromatic carbocycles. The number of aliphatic hydroxyl groups is 18. The summed E-state index contributed by atoms with van der Waals surface area (Å²) in [4.78, 5) is 24.4. The van der Waals surface area contributed by atoms with Crippen molar-refractivity contribution >= 4 is 11.8 Å². The van der Waals surface area contributed by atoms with Gasteiger partial charge < -0.3 is 155 Å². The van der Waals surface area contributed by atoms with Crippen LogP contribution in [-0.2, 0) is 61.7 Å². The zero-order valence-corrected chi connectivity index (χ0v) is 38.9. The Balaban J connectivity index is 1.23. The molecule has 33 heteroatoms. The van der Waals surface area contributed by atoms with Gasteiger partial charge in [-0.1, -0.05) is 0 Å². The summed E-state index contributed by atoms with van der Waals surface area (Å²) in [6.45, 7) is -3.32. The summed E-state index contributed by atoms with van der Waals surface area (Å²) in [7, 11) is 0. The molecule has 6 rings (SSSR count). The van der Waals surface area contributed by atoms with Crippen molar-refractivity contribution in [3.63, 3.8) is 0 Å². The quantitative estimate of drug-likeness (QED) is 0.0606. The van der Waals surface area contributed by atoms with Crippen molar-refractivity contribution in [3.8, 4) is 0 Å². The Morgan fingerprint density at radius 3 is 1.19 bits per heavy atom. The fourth-order valence-corrected chi connectivity index (χ4v) is 9.11. The van der Waals surface area contributed by atoms with Crippen LogP contribution in [0.1, 0.15) is 13.8 Å². The molecule has 2 amide bonds. The molecule has 0 radical (unpaired) electrons. The molecule has 0 aliphatic carbocycles. The van der Waals surface area contributed by atoms with Gasteiger partial charge in [0.25, 0.3) is 0 Å². The molecular weight excluding hydrogens is 1000 g/mol. The van der Waals surface area contributed by atoms with Gasteiger partial charge in [0.1, 0.15) is 146 Å². The van der Waals surface area contributed by atoms with E-state index in [2.05, 4.69) is 10.6 Å². The summed E-state index contributed by atoms with van der Waals surface area (Å²) >= 11 is 0. The third kappa shape index (κ3) is 13.2. The Hall–Kier alpha value is -2.22. The van der Waals surface area contributed by atoms with Crippen molar-refractivity contribution in [1.82, 2.24) is 10.6 Å². The van der Waals surface area contributed by atoms with Gasteiger partial charge in [0.05, 0.1) is 39.6 Å². The number of nitrogens with one attached hydrogen (secondary N) is 2. The molecule has 0 spiro atoms. The Morgan fingerprint density at radius 1 is 0.356 bits per heavy atom. The van der Waals surface area contributed by atoms with E-state index in [4.69, 9.17) is 52.1 Å². The van der Waals surface area contributed by atoms with Crippen LogP contribution in [0.15, 0.2) is 0 Å². The van der Waals surface area contributed by atoms with Crippen molar-refractivity contribution in [3.05, 3.63) is 0 Å². The maximum Gasteiger partial charge on any atom is 0.217 e. The predicted molar refractivity (Wildman–Crippen MR) is 222 cm³/mol. The first-order chi connectivity index (χ1) is 34.5. The van der Waals surface area contributed by atoms with Gasteiger partial charge in [-0.15, -0.1) is 0 Å². The smallest absolute Gasteiger partial charge is 0.217 e. The van der Waals surface area contributed by atoms with Gasteiger partial charge in [-0.25, -0.2) is 0 Å². The molecule has 6 fully saturated rings. The molecule has 0 aromatic heterocycles. The maximum atomic E-state index is 12.5. The van der Waals surface area contributed by atoms with Crippen molar-refractivity contribution in [2.75, 3.05) is 39.6 Å². The van der Waals surface area contributed by atoms with Gasteiger partial charge in [-0.2, -0.15) is 0 Å². The summed E-state index contributed by atoms with van der Waals surface area (Å²) in [6, 6.07) is -3.28. The van der Waals surface area contributed by atoms with Crippen LogP contribution in [0.25, 0.3) is 0 Å². The highest BCUT2D eigenvalue weighted by atomic mass is 16.8. The highest BCUT2D eigenvalue weighted by Crippen LogP contribution is 2.36. The topological polar surface area (TPSA) is 524 Å². The van der Waals surface area contributed by atoms with Crippen molar-refractivity contribution < 1.29 is 154 Å². The second-order valence-electron chi connectivity index (χ2n) is 18.3. The fraction of sp³-hybridized carbons (Fsp3) is 0.950. The van der Waals surface area contributed by atoms with E-state index in [1.54, 1.807) is 0 Å². The number of carbonyl (C=O) groups excluding carboxylic acids is 2. The van der Waals surface area contributed by atoms with Crippen LogP contribution in [0.4, 0.5) is 0 Å². The molecule has 6 heterocycles. The standard InChI is InChI=1S/C40H68N2O31/c1-9(47)41-17-23(53)32(13(5-45)65-35(17)62)71-36-18(42-10(2)48)24(54)33(14(6-46)68-36)72-40-31(61)34(73-39-30(60)26(56)20(50)12(4-44)67-39)22(52)16(70-40)8-64-38-29(59)27(57)21(51)15(69-38)7-63-37-28(58)25(55)19(49)11(3-43)66-37/h11-40,43-46,49-62H,3-8H2,1-2H3,(H,41,47)(H,42,48)/t11-,12-,13-,14-,15-,16-,17-,18-,19-,20-,21-,22-,23-,24-,25+,26+,27+,28+,29+,30+,31+,32-,33-,34+,35-,36+,37-,38-,39+,40+/m1/s1. The minimum absolute atomic E-state index is 0.715. The molecule has 0 unspecified atom stereocenters. The van der Waals surface area contributed by atoms with Crippen LogP contribution < -0.4 is 10.6 Å². The highest BCUT2D eigenvalue weighted by molar-refractivity contribution is 5.73. The van der Waals surface area contributed by atoms with Gasteiger partial charge in [0.15, 0.2) is 37.7 Å². The molecule has 6 saturated heterocycles. The molecule has 0 bridgehead atoms. The first-order valence-corrected chi connectivity index (χ1v) is 23.1. The summed E-state index contributed by atoms with van der Waals surface area (Å²) in [5.41, 5.74) is 0. The van der Waals surface area contributed by atoms with Crippen LogP contribution in [-0.4, -0.2) is 327 Å². The molecule has 20 N–H and O–H groups in total. The highest BCUT2D eigenvalue weighted by Gasteiger charge is 2.57. The first kappa shape index (κ1) is 60.0. The summed E-state index contributed by atoms with van der Waals surface area (Å²) in [5.74, 6) is -1.55. The largest absolute Gasteiger partial charge is 0.394 e. The molecule has 6 aliphatic rings. The number of hydrogen-bond donors (Lipinski definition) is 20. The van der Waals surface area contributed by atoms with Gasteiger partial charge in [0, 0.05) is 13.8 Å². The maximum absolute atomic E-state index is 12.5. The second kappa shape index (κ2) is 26.0. The third-order valence-electron chi connectivity index (χ3n) is 13.2. The summed E-state index contributed by atoms with van der Waals surface area (Å²) in [6.07, 6.45) is -52.8. The van der Waals surface area contributed by atoms with Crippen molar-refractivity contribution in [1.29, 1.82) is 0 Å². The number of hydrogen-bond acceptors (Lipinski definition) is 31. The van der Waals surface area contributed by atoms with Crippen molar-refractivity contribution in [2.45, 2.75) is 198 Å². The Bertz CT molecular complexity index is 1750. The van der Waals surface area contributed by atoms with Crippen LogP contribution in [0.5, 0.6) is 0 Å². The van der Waals surface area contributed by atoms with E-state index in [-0.39, 0.29) is 0 Å². The lowest BCUT2D eigenvalue weighted by Gasteiger charge is -2.50. The Kier molecular flexibility index (Phi) is 21.3. The lowest BCUT2D eigenvalue weighted by Crippen LogP contribution is -2.70. The third-order valence-corrected chi connectivity index (χ3v) is 13.2. The zero-order valence-electron chi connectivity index (χ0n) is 38.9. The molecule has 30 atom stereocenters. The Labute approximate surface area is 413 Å². The number of aliphatic hydroxyl groups excluding tert-OH is 18. The van der Waals surface area contributed by atoms with Crippen molar-refractivity contribution in [2.24, 2.45) is 0 Å². The van der Waals surface area contributed by atoms with Gasteiger partial charge in [-0.3, -0.25) is 9.59 Å². The van der Waals surface area contributed by atoms with E-state index < -0.39 is 236 Å². The van der Waals surface area contributed by atoms with Crippen LogP contribution in [0.2, 0.25) is 0 Å². The lowest BCUT2D eigenvalue weighted by atomic mass is 9.94. The molecule has 6 aliphatic heterocycles. The van der Waals surface area contributed by atoms with E-state index in [9.17, 15) is 102 Å². The predicted octanol–water partition coefficient (Wildman–Crippen LogP) is -13.8. The van der Waals surface area contributed by atoms with E-state index in [0.717, 1.165) is 13.8 Å². The molecule has 424 valence electrons. The number of rotatable bonds is 18. The summed E-state index contributed by atoms with van der Waals surface area (Å²) in [5, 5.41) is 196. The summed E-state index contributed by atoms with van der Waals surface area (Å²) < 4.78 is 62.2. The molecule has 73 heavy (non-hydrogen) atoms. The zero-order chi connectivity index (χ0) is 53.9.